The van der Waals surface area contributed by atoms with Crippen molar-refractivity contribution in [3.63, 3.8) is 0 Å². The fourth-order valence-electron chi connectivity index (χ4n) is 1.63. The number of aryl methyl sites for hydroxylation is 2. The number of nitrogens with zero attached hydrogens (tertiary/aromatic N) is 1. The lowest BCUT2D eigenvalue weighted by atomic mass is 10.1. The Morgan fingerprint density at radius 2 is 2.00 bits per heavy atom. The molecule has 1 amide bonds. The third-order valence-corrected chi connectivity index (χ3v) is 2.74. The first kappa shape index (κ1) is 13.1. The van der Waals surface area contributed by atoms with Crippen molar-refractivity contribution >= 4 is 12.1 Å². The van der Waals surface area contributed by atoms with Gasteiger partial charge in [0.05, 0.1) is 6.21 Å². The summed E-state index contributed by atoms with van der Waals surface area (Å²) in [5.74, 6) is 1.18. The number of rotatable bonds is 4. The first-order valence-corrected chi connectivity index (χ1v) is 6.18. The molecule has 2 rings (SSSR count). The topological polar surface area (TPSA) is 54.6 Å². The van der Waals surface area contributed by atoms with Crippen LogP contribution in [0.5, 0.6) is 0 Å². The summed E-state index contributed by atoms with van der Waals surface area (Å²) in [4.78, 5) is 11.8. The summed E-state index contributed by atoms with van der Waals surface area (Å²) in [6.45, 7) is 3.93. The van der Waals surface area contributed by atoms with Crippen LogP contribution in [0.15, 0.2) is 45.9 Å². The smallest absolute Gasteiger partial charge is 0.271 e. The van der Waals surface area contributed by atoms with Crippen LogP contribution in [0.1, 0.15) is 34.4 Å². The molecule has 0 aliphatic heterocycles. The predicted octanol–water partition coefficient (Wildman–Crippen LogP) is 2.91. The number of hydrogen-bond acceptors (Lipinski definition) is 3. The third-order valence-electron chi connectivity index (χ3n) is 2.74. The predicted molar refractivity (Wildman–Crippen MR) is 74.3 cm³/mol. The summed E-state index contributed by atoms with van der Waals surface area (Å²) in [6.07, 6.45) is 2.43. The zero-order valence-corrected chi connectivity index (χ0v) is 11.0. The van der Waals surface area contributed by atoms with Gasteiger partial charge in [-0.05, 0) is 43.2 Å². The van der Waals surface area contributed by atoms with Gasteiger partial charge >= 0.3 is 0 Å². The van der Waals surface area contributed by atoms with Crippen LogP contribution in [0, 0.1) is 6.92 Å². The molecule has 1 aromatic carbocycles. The summed E-state index contributed by atoms with van der Waals surface area (Å²) in [5, 5.41) is 3.86. The van der Waals surface area contributed by atoms with Crippen LogP contribution < -0.4 is 5.43 Å². The van der Waals surface area contributed by atoms with Crippen LogP contribution in [0.4, 0.5) is 0 Å². The van der Waals surface area contributed by atoms with E-state index in [-0.39, 0.29) is 5.91 Å². The van der Waals surface area contributed by atoms with Crippen LogP contribution in [-0.4, -0.2) is 12.1 Å². The maximum Gasteiger partial charge on any atom is 0.271 e. The van der Waals surface area contributed by atoms with Gasteiger partial charge < -0.3 is 4.42 Å². The first-order valence-electron chi connectivity index (χ1n) is 6.18. The lowest BCUT2D eigenvalue weighted by Gasteiger charge is -2.00. The number of carbonyl (C=O) groups excluding carboxylic acids is 1. The van der Waals surface area contributed by atoms with E-state index in [1.165, 1.54) is 11.8 Å². The highest BCUT2D eigenvalue weighted by Crippen LogP contribution is 2.05. The molecule has 2 aromatic rings. The second-order valence-electron chi connectivity index (χ2n) is 4.20. The molecule has 0 aliphatic rings. The molecule has 0 saturated carbocycles. The van der Waals surface area contributed by atoms with E-state index in [9.17, 15) is 4.79 Å². The molecular formula is C15H16N2O2. The molecule has 1 N–H and O–H groups in total. The Hall–Kier alpha value is -2.36. The summed E-state index contributed by atoms with van der Waals surface area (Å²) in [5.41, 5.74) is 4.25. The van der Waals surface area contributed by atoms with Gasteiger partial charge in [-0.2, -0.15) is 5.10 Å². The minimum absolute atomic E-state index is 0.234. The Balaban J connectivity index is 1.95. The fraction of sp³-hybridized carbons (Fsp3) is 0.200. The Bertz CT molecular complexity index is 582. The SMILES string of the molecule is CCc1ccc(C(=O)N/N=C\c2ccc(C)o2)cc1. The number of carbonyl (C=O) groups is 1. The van der Waals surface area contributed by atoms with Crippen molar-refractivity contribution in [2.45, 2.75) is 20.3 Å². The minimum Gasteiger partial charge on any atom is -0.460 e. The molecule has 4 heteroatoms. The van der Waals surface area contributed by atoms with E-state index < -0.39 is 0 Å². The summed E-state index contributed by atoms with van der Waals surface area (Å²) < 4.78 is 5.30. The lowest BCUT2D eigenvalue weighted by Crippen LogP contribution is -2.17. The van der Waals surface area contributed by atoms with Gasteiger partial charge in [0.15, 0.2) is 0 Å². The van der Waals surface area contributed by atoms with Crippen LogP contribution >= 0.6 is 0 Å². The van der Waals surface area contributed by atoms with E-state index in [0.29, 0.717) is 11.3 Å². The maximum atomic E-state index is 11.8. The van der Waals surface area contributed by atoms with Crippen LogP contribution in [0.2, 0.25) is 0 Å². The van der Waals surface area contributed by atoms with Crippen molar-refractivity contribution in [3.05, 3.63) is 59.0 Å². The minimum atomic E-state index is -0.234. The standard InChI is InChI=1S/C15H16N2O2/c1-3-12-5-7-13(8-6-12)15(18)17-16-10-14-9-4-11(2)19-14/h4-10H,3H2,1-2H3,(H,17,18)/b16-10-. The second kappa shape index (κ2) is 6.00. The molecule has 19 heavy (non-hydrogen) atoms. The van der Waals surface area contributed by atoms with Crippen molar-refractivity contribution in [1.82, 2.24) is 5.43 Å². The highest BCUT2D eigenvalue weighted by Gasteiger charge is 2.03. The monoisotopic (exact) mass is 256 g/mol. The third kappa shape index (κ3) is 3.55. The average Bonchev–Trinajstić information content (AvgIpc) is 2.84. The maximum absolute atomic E-state index is 11.8. The van der Waals surface area contributed by atoms with Gasteiger partial charge in [0.25, 0.3) is 5.91 Å². The van der Waals surface area contributed by atoms with E-state index in [2.05, 4.69) is 17.5 Å². The molecule has 0 aliphatic carbocycles. The van der Waals surface area contributed by atoms with Gasteiger partial charge in [0, 0.05) is 5.56 Å². The summed E-state index contributed by atoms with van der Waals surface area (Å²) in [7, 11) is 0. The molecule has 0 spiro atoms. The molecule has 1 heterocycles. The van der Waals surface area contributed by atoms with Crippen molar-refractivity contribution in [2.75, 3.05) is 0 Å². The van der Waals surface area contributed by atoms with Gasteiger partial charge in [-0.25, -0.2) is 5.43 Å². The summed E-state index contributed by atoms with van der Waals surface area (Å²) >= 11 is 0. The van der Waals surface area contributed by atoms with Gasteiger partial charge in [-0.15, -0.1) is 0 Å². The number of nitrogens with one attached hydrogen (secondary N) is 1. The Morgan fingerprint density at radius 3 is 2.58 bits per heavy atom. The van der Waals surface area contributed by atoms with Gasteiger partial charge in [0.1, 0.15) is 11.5 Å². The number of benzene rings is 1. The highest BCUT2D eigenvalue weighted by molar-refractivity contribution is 5.94. The molecule has 98 valence electrons. The van der Waals surface area contributed by atoms with E-state index in [1.54, 1.807) is 18.2 Å². The quantitative estimate of drug-likeness (QED) is 0.675. The Morgan fingerprint density at radius 1 is 1.26 bits per heavy atom. The average molecular weight is 256 g/mol. The van der Waals surface area contributed by atoms with E-state index >= 15 is 0 Å². The van der Waals surface area contributed by atoms with Crippen LogP contribution in [0.25, 0.3) is 0 Å². The number of hydrogen-bond donors (Lipinski definition) is 1. The Kier molecular flexibility index (Phi) is 4.13. The van der Waals surface area contributed by atoms with Crippen LogP contribution in [-0.2, 0) is 6.42 Å². The molecule has 0 saturated heterocycles. The zero-order chi connectivity index (χ0) is 13.7. The normalized spacial score (nSPS) is 10.8. The summed E-state index contributed by atoms with van der Waals surface area (Å²) in [6, 6.07) is 11.1. The number of furan rings is 1. The van der Waals surface area contributed by atoms with E-state index in [4.69, 9.17) is 4.42 Å². The van der Waals surface area contributed by atoms with E-state index in [0.717, 1.165) is 12.2 Å². The van der Waals surface area contributed by atoms with Crippen molar-refractivity contribution in [3.8, 4) is 0 Å². The van der Waals surface area contributed by atoms with Gasteiger partial charge in [0.2, 0.25) is 0 Å². The van der Waals surface area contributed by atoms with Crippen molar-refractivity contribution in [1.29, 1.82) is 0 Å². The number of amides is 1. The fourth-order valence-corrected chi connectivity index (χ4v) is 1.63. The highest BCUT2D eigenvalue weighted by atomic mass is 16.3. The van der Waals surface area contributed by atoms with E-state index in [1.807, 2.05) is 25.1 Å². The van der Waals surface area contributed by atoms with Crippen LogP contribution in [0.3, 0.4) is 0 Å². The largest absolute Gasteiger partial charge is 0.460 e. The molecule has 0 atom stereocenters. The molecular weight excluding hydrogens is 240 g/mol. The molecule has 4 nitrogen and oxygen atoms in total. The van der Waals surface area contributed by atoms with Crippen molar-refractivity contribution < 1.29 is 9.21 Å². The molecule has 0 bridgehead atoms. The first-order chi connectivity index (χ1) is 9.19. The molecule has 0 unspecified atom stereocenters. The zero-order valence-electron chi connectivity index (χ0n) is 11.0. The lowest BCUT2D eigenvalue weighted by molar-refractivity contribution is 0.0955. The van der Waals surface area contributed by atoms with Gasteiger partial charge in [-0.1, -0.05) is 19.1 Å². The molecule has 0 radical (unpaired) electrons. The number of hydrazone groups is 1. The molecule has 1 aromatic heterocycles. The second-order valence-corrected chi connectivity index (χ2v) is 4.20. The molecule has 0 fully saturated rings. The van der Waals surface area contributed by atoms with Crippen molar-refractivity contribution in [2.24, 2.45) is 5.10 Å². The Labute approximate surface area is 112 Å². The van der Waals surface area contributed by atoms with Gasteiger partial charge in [-0.3, -0.25) is 4.79 Å².